The van der Waals surface area contributed by atoms with Crippen LogP contribution in [0.5, 0.6) is 0 Å². The van der Waals surface area contributed by atoms with Gasteiger partial charge in [0.15, 0.2) is 5.78 Å². The van der Waals surface area contributed by atoms with E-state index in [-0.39, 0.29) is 19.2 Å². The molecule has 1 aliphatic heterocycles. The minimum absolute atomic E-state index is 0. The third-order valence-electron chi connectivity index (χ3n) is 2.50. The number of rotatable bonds is 2. The quantitative estimate of drug-likeness (QED) is 0.825. The molecule has 4 nitrogen and oxygen atoms in total. The molecule has 1 aliphatic rings. The maximum Gasteiger partial charge on any atom is 0.321 e. The molecule has 17 heavy (non-hydrogen) atoms. The van der Waals surface area contributed by atoms with Crippen molar-refractivity contribution in [1.29, 1.82) is 0 Å². The van der Waals surface area contributed by atoms with Crippen molar-refractivity contribution in [3.63, 3.8) is 0 Å². The number of amides is 2. The summed E-state index contributed by atoms with van der Waals surface area (Å²) in [5.41, 5.74) is 1.19. The van der Waals surface area contributed by atoms with E-state index in [1.807, 2.05) is 0 Å². The molecule has 0 saturated carbocycles. The van der Waals surface area contributed by atoms with Crippen LogP contribution < -0.4 is 10.2 Å². The zero-order valence-electron chi connectivity index (χ0n) is 8.79. The van der Waals surface area contributed by atoms with Crippen LogP contribution in [0.2, 0.25) is 5.02 Å². The van der Waals surface area contributed by atoms with Gasteiger partial charge in [0.25, 0.3) is 0 Å². The number of halogens is 1. The molecular weight excluding hydrogens is 240 g/mol. The number of hydrogen-bond acceptors (Lipinski definition) is 2. The summed E-state index contributed by atoms with van der Waals surface area (Å²) in [6, 6.07) is 4.88. The van der Waals surface area contributed by atoms with E-state index >= 15 is 0 Å². The fraction of sp³-hybridized carbons (Fsp3) is 0.333. The van der Waals surface area contributed by atoms with Crippen molar-refractivity contribution in [2.75, 3.05) is 18.0 Å². The molecule has 0 aliphatic carbocycles. The Labute approximate surface area is 106 Å². The van der Waals surface area contributed by atoms with Crippen LogP contribution in [0.25, 0.3) is 0 Å². The lowest BCUT2D eigenvalue weighted by Crippen LogP contribution is -2.27. The normalized spacial score (nSPS) is 14.2. The third kappa shape index (κ3) is 2.58. The maximum atomic E-state index is 11.4. The Morgan fingerprint density at radius 2 is 2.18 bits per heavy atom. The number of carbonyl (C=O) groups is 2. The first-order valence-electron chi connectivity index (χ1n) is 4.95. The first-order valence-corrected chi connectivity index (χ1v) is 5.33. The lowest BCUT2D eigenvalue weighted by atomic mass is 10.1. The summed E-state index contributed by atoms with van der Waals surface area (Å²) in [6.45, 7) is 2.71. The molecule has 0 bridgehead atoms. The summed E-state index contributed by atoms with van der Waals surface area (Å²) in [6.07, 6.45) is 0. The van der Waals surface area contributed by atoms with Crippen molar-refractivity contribution in [1.82, 2.24) is 5.32 Å². The Bertz CT molecular complexity index is 460. The Balaban J connectivity index is 0.00000144. The number of ketones is 1. The molecule has 2 amide bonds. The van der Waals surface area contributed by atoms with Gasteiger partial charge in [-0.1, -0.05) is 19.0 Å². The summed E-state index contributed by atoms with van der Waals surface area (Å²) in [5, 5.41) is 3.08. The number of nitrogens with zero attached hydrogens (tertiary/aromatic N) is 1. The number of anilines is 1. The zero-order valence-corrected chi connectivity index (χ0v) is 9.54. The summed E-state index contributed by atoms with van der Waals surface area (Å²) in [5.74, 6) is -0.0811. The molecule has 92 valence electrons. The number of hydrogen-bond donors (Lipinski definition) is 1. The SMILES string of the molecule is C.CC(=O)c1ccc(N2CCNC2=O)cc1Cl. The molecular formula is C12H15ClN2O2. The second-order valence-electron chi connectivity index (χ2n) is 3.60. The van der Waals surface area contributed by atoms with Crippen LogP contribution in [0.3, 0.4) is 0 Å². The van der Waals surface area contributed by atoms with Gasteiger partial charge in [-0.15, -0.1) is 0 Å². The third-order valence-corrected chi connectivity index (χ3v) is 2.81. The van der Waals surface area contributed by atoms with E-state index < -0.39 is 0 Å². The highest BCUT2D eigenvalue weighted by molar-refractivity contribution is 6.34. The first-order chi connectivity index (χ1) is 7.59. The summed E-state index contributed by atoms with van der Waals surface area (Å²) < 4.78 is 0. The molecule has 2 rings (SSSR count). The summed E-state index contributed by atoms with van der Waals surface area (Å²) >= 11 is 5.97. The lowest BCUT2D eigenvalue weighted by molar-refractivity contribution is 0.101. The van der Waals surface area contributed by atoms with Gasteiger partial charge in [0.05, 0.1) is 5.02 Å². The Kier molecular flexibility index (Phi) is 4.12. The van der Waals surface area contributed by atoms with Gasteiger partial charge in [-0.05, 0) is 25.1 Å². The van der Waals surface area contributed by atoms with Gasteiger partial charge in [-0.3, -0.25) is 9.69 Å². The lowest BCUT2D eigenvalue weighted by Gasteiger charge is -2.15. The molecule has 1 heterocycles. The van der Waals surface area contributed by atoms with Crippen LogP contribution in [0, 0.1) is 0 Å². The molecule has 1 saturated heterocycles. The van der Waals surface area contributed by atoms with Crippen LogP contribution in [-0.2, 0) is 0 Å². The summed E-state index contributed by atoms with van der Waals surface area (Å²) in [7, 11) is 0. The van der Waals surface area contributed by atoms with Gasteiger partial charge in [-0.2, -0.15) is 0 Å². The molecule has 0 radical (unpaired) electrons. The molecule has 1 aromatic carbocycles. The van der Waals surface area contributed by atoms with Crippen LogP contribution >= 0.6 is 11.6 Å². The van der Waals surface area contributed by atoms with Gasteiger partial charge in [0, 0.05) is 24.3 Å². The molecule has 0 unspecified atom stereocenters. The largest absolute Gasteiger partial charge is 0.336 e. The maximum absolute atomic E-state index is 11.4. The van der Waals surface area contributed by atoms with Crippen LogP contribution in [-0.4, -0.2) is 24.9 Å². The second-order valence-corrected chi connectivity index (χ2v) is 4.01. The van der Waals surface area contributed by atoms with Gasteiger partial charge in [0.2, 0.25) is 0 Å². The number of nitrogens with one attached hydrogen (secondary N) is 1. The van der Waals surface area contributed by atoms with E-state index in [0.717, 1.165) is 0 Å². The Morgan fingerprint density at radius 1 is 1.47 bits per heavy atom. The van der Waals surface area contributed by atoms with Gasteiger partial charge < -0.3 is 5.32 Å². The molecule has 1 aromatic rings. The van der Waals surface area contributed by atoms with Gasteiger partial charge in [-0.25, -0.2) is 4.79 Å². The fourth-order valence-electron chi connectivity index (χ4n) is 1.68. The predicted octanol–water partition coefficient (Wildman–Crippen LogP) is 2.71. The highest BCUT2D eigenvalue weighted by Crippen LogP contribution is 2.25. The van der Waals surface area contributed by atoms with Crippen LogP contribution in [0.1, 0.15) is 24.7 Å². The summed E-state index contributed by atoms with van der Waals surface area (Å²) in [4.78, 5) is 24.2. The van der Waals surface area contributed by atoms with Crippen molar-refractivity contribution in [3.8, 4) is 0 Å². The van der Waals surface area contributed by atoms with E-state index in [4.69, 9.17) is 11.6 Å². The fourth-order valence-corrected chi connectivity index (χ4v) is 1.98. The first kappa shape index (κ1) is 13.5. The average molecular weight is 255 g/mol. The minimum atomic E-state index is -0.133. The Hall–Kier alpha value is -1.55. The monoisotopic (exact) mass is 254 g/mol. The van der Waals surface area contributed by atoms with Crippen molar-refractivity contribution < 1.29 is 9.59 Å². The second kappa shape index (κ2) is 5.19. The van der Waals surface area contributed by atoms with E-state index in [1.54, 1.807) is 23.1 Å². The number of Topliss-reactive ketones (excluding diaryl/α,β-unsaturated/α-hetero) is 1. The zero-order chi connectivity index (χ0) is 11.7. The highest BCUT2D eigenvalue weighted by Gasteiger charge is 2.21. The highest BCUT2D eigenvalue weighted by atomic mass is 35.5. The van der Waals surface area contributed by atoms with Crippen LogP contribution in [0.15, 0.2) is 18.2 Å². The van der Waals surface area contributed by atoms with E-state index in [2.05, 4.69) is 5.32 Å². The topological polar surface area (TPSA) is 49.4 Å². The van der Waals surface area contributed by atoms with Gasteiger partial charge >= 0.3 is 6.03 Å². The molecule has 0 aromatic heterocycles. The van der Waals surface area contributed by atoms with Crippen molar-refractivity contribution in [3.05, 3.63) is 28.8 Å². The molecule has 5 heteroatoms. The van der Waals surface area contributed by atoms with Crippen molar-refractivity contribution in [2.45, 2.75) is 14.4 Å². The van der Waals surface area contributed by atoms with Crippen molar-refractivity contribution >= 4 is 29.1 Å². The van der Waals surface area contributed by atoms with E-state index in [9.17, 15) is 9.59 Å². The van der Waals surface area contributed by atoms with E-state index in [0.29, 0.717) is 29.4 Å². The van der Waals surface area contributed by atoms with Gasteiger partial charge in [0.1, 0.15) is 0 Å². The number of carbonyl (C=O) groups excluding carboxylic acids is 2. The Morgan fingerprint density at radius 3 is 2.65 bits per heavy atom. The van der Waals surface area contributed by atoms with Crippen molar-refractivity contribution in [2.24, 2.45) is 0 Å². The molecule has 0 spiro atoms. The average Bonchev–Trinajstić information content (AvgIpc) is 2.63. The molecule has 0 atom stereocenters. The standard InChI is InChI=1S/C11H11ClN2O2.CH4/c1-7(15)9-3-2-8(6-10(9)12)14-5-4-13-11(14)16;/h2-3,6H,4-5H2,1H3,(H,13,16);1H4. The minimum Gasteiger partial charge on any atom is -0.336 e. The molecule has 1 fully saturated rings. The smallest absolute Gasteiger partial charge is 0.321 e. The number of urea groups is 1. The molecule has 1 N–H and O–H groups in total. The van der Waals surface area contributed by atoms with Crippen LogP contribution in [0.4, 0.5) is 10.5 Å². The predicted molar refractivity (Wildman–Crippen MR) is 68.9 cm³/mol. The van der Waals surface area contributed by atoms with E-state index in [1.165, 1.54) is 6.92 Å². The number of benzene rings is 1.